The fourth-order valence-corrected chi connectivity index (χ4v) is 3.10. The Hall–Kier alpha value is -0.120. The molecule has 1 aliphatic rings. The van der Waals surface area contributed by atoms with Gasteiger partial charge in [-0.3, -0.25) is 0 Å². The zero-order chi connectivity index (χ0) is 11.2. The van der Waals surface area contributed by atoms with Crippen molar-refractivity contribution in [3.63, 3.8) is 0 Å². The van der Waals surface area contributed by atoms with Crippen LogP contribution >= 0.6 is 27.5 Å². The van der Waals surface area contributed by atoms with Crippen molar-refractivity contribution in [1.82, 2.24) is 4.98 Å². The number of hydrogen-bond acceptors (Lipinski definition) is 2. The molecule has 4 heteroatoms. The summed E-state index contributed by atoms with van der Waals surface area (Å²) < 4.78 is 1.03. The van der Waals surface area contributed by atoms with Gasteiger partial charge >= 0.3 is 0 Å². The van der Waals surface area contributed by atoms with Gasteiger partial charge < -0.3 is 5.73 Å². The van der Waals surface area contributed by atoms with Crippen LogP contribution in [0.2, 0.25) is 5.15 Å². The normalized spacial score (nSPS) is 27.8. The van der Waals surface area contributed by atoms with Gasteiger partial charge in [0.1, 0.15) is 5.15 Å². The molecule has 2 N–H and O–H groups in total. The molecule has 0 bridgehead atoms. The topological polar surface area (TPSA) is 38.9 Å². The third kappa shape index (κ3) is 1.81. The Morgan fingerprint density at radius 1 is 1.60 bits per heavy atom. The van der Waals surface area contributed by atoms with E-state index >= 15 is 0 Å². The van der Waals surface area contributed by atoms with Crippen molar-refractivity contribution < 1.29 is 0 Å². The highest BCUT2D eigenvalue weighted by Crippen LogP contribution is 2.64. The van der Waals surface area contributed by atoms with E-state index in [-0.39, 0.29) is 5.41 Å². The molecule has 1 aromatic heterocycles. The minimum absolute atomic E-state index is 0.280. The summed E-state index contributed by atoms with van der Waals surface area (Å²) in [5, 5.41) is 0.548. The summed E-state index contributed by atoms with van der Waals surface area (Å²) in [6.07, 6.45) is 1.76. The van der Waals surface area contributed by atoms with E-state index in [1.165, 1.54) is 5.56 Å². The lowest BCUT2D eigenvalue weighted by Gasteiger charge is -2.05. The first-order chi connectivity index (χ1) is 6.98. The van der Waals surface area contributed by atoms with Gasteiger partial charge in [-0.1, -0.05) is 25.4 Å². The van der Waals surface area contributed by atoms with E-state index in [0.29, 0.717) is 17.0 Å². The van der Waals surface area contributed by atoms with Crippen LogP contribution < -0.4 is 5.73 Å². The van der Waals surface area contributed by atoms with Crippen LogP contribution in [-0.4, -0.2) is 11.5 Å². The maximum absolute atomic E-state index is 5.91. The first-order valence-corrected chi connectivity index (χ1v) is 6.16. The molecule has 0 radical (unpaired) electrons. The van der Waals surface area contributed by atoms with Crippen LogP contribution in [0.15, 0.2) is 16.7 Å². The van der Waals surface area contributed by atoms with E-state index in [1.54, 1.807) is 6.20 Å². The molecule has 1 fully saturated rings. The monoisotopic (exact) mass is 288 g/mol. The highest BCUT2D eigenvalue weighted by Gasteiger charge is 2.57. The maximum Gasteiger partial charge on any atom is 0.129 e. The van der Waals surface area contributed by atoms with Crippen molar-refractivity contribution in [3.8, 4) is 0 Å². The van der Waals surface area contributed by atoms with Crippen LogP contribution in [0.3, 0.4) is 0 Å². The summed E-state index contributed by atoms with van der Waals surface area (Å²) in [6.45, 7) is 5.22. The standard InChI is InChI=1S/C11H14BrClN2/c1-11(2)7(4-14)10(11)6-3-9(13)15-5-8(6)12/h3,5,7,10H,4,14H2,1-2H3. The van der Waals surface area contributed by atoms with Crippen molar-refractivity contribution in [3.05, 3.63) is 27.5 Å². The quantitative estimate of drug-likeness (QED) is 0.849. The van der Waals surface area contributed by atoms with Gasteiger partial charge in [0.2, 0.25) is 0 Å². The van der Waals surface area contributed by atoms with E-state index in [9.17, 15) is 0 Å². The second-order valence-electron chi connectivity index (χ2n) is 4.67. The first-order valence-electron chi connectivity index (χ1n) is 4.99. The molecule has 2 unspecified atom stereocenters. The van der Waals surface area contributed by atoms with Crippen molar-refractivity contribution in [1.29, 1.82) is 0 Å². The third-order valence-corrected chi connectivity index (χ3v) is 4.36. The SMILES string of the molecule is CC1(C)C(CN)C1c1cc(Cl)ncc1Br. The molecule has 0 saturated heterocycles. The Bertz CT molecular complexity index is 392. The molecule has 15 heavy (non-hydrogen) atoms. The van der Waals surface area contributed by atoms with Crippen LogP contribution in [0, 0.1) is 11.3 Å². The second-order valence-corrected chi connectivity index (χ2v) is 5.91. The minimum atomic E-state index is 0.280. The van der Waals surface area contributed by atoms with Gasteiger partial charge in [0.25, 0.3) is 0 Å². The maximum atomic E-state index is 5.91. The molecule has 2 nitrogen and oxygen atoms in total. The number of nitrogens with zero attached hydrogens (tertiary/aromatic N) is 1. The zero-order valence-corrected chi connectivity index (χ0v) is 11.1. The Morgan fingerprint density at radius 2 is 2.27 bits per heavy atom. The average molecular weight is 290 g/mol. The smallest absolute Gasteiger partial charge is 0.129 e. The molecule has 0 amide bonds. The summed E-state index contributed by atoms with van der Waals surface area (Å²) in [4.78, 5) is 4.04. The van der Waals surface area contributed by atoms with Gasteiger partial charge in [-0.15, -0.1) is 0 Å². The van der Waals surface area contributed by atoms with Gasteiger partial charge in [0, 0.05) is 10.7 Å². The Morgan fingerprint density at radius 3 is 2.80 bits per heavy atom. The van der Waals surface area contributed by atoms with E-state index in [1.807, 2.05) is 6.07 Å². The van der Waals surface area contributed by atoms with Crippen molar-refractivity contribution in [2.45, 2.75) is 19.8 Å². The van der Waals surface area contributed by atoms with Crippen molar-refractivity contribution in [2.75, 3.05) is 6.54 Å². The molecule has 0 spiro atoms. The van der Waals surface area contributed by atoms with Crippen LogP contribution in [0.25, 0.3) is 0 Å². The van der Waals surface area contributed by atoms with Crippen molar-refractivity contribution >= 4 is 27.5 Å². The number of halogens is 2. The Labute approximate surface area is 103 Å². The number of nitrogens with two attached hydrogens (primary N) is 1. The van der Waals surface area contributed by atoms with Gasteiger partial charge in [0.15, 0.2) is 0 Å². The number of pyridine rings is 1. The lowest BCUT2D eigenvalue weighted by atomic mass is 10.0. The van der Waals surface area contributed by atoms with Gasteiger partial charge in [-0.2, -0.15) is 0 Å². The molecular weight excluding hydrogens is 275 g/mol. The summed E-state index contributed by atoms with van der Waals surface area (Å²) in [5.41, 5.74) is 7.27. The third-order valence-electron chi connectivity index (χ3n) is 3.49. The molecule has 2 rings (SSSR count). The molecule has 2 atom stereocenters. The molecule has 1 aliphatic carbocycles. The summed E-state index contributed by atoms with van der Waals surface area (Å²) in [6, 6.07) is 1.94. The second kappa shape index (κ2) is 3.72. The zero-order valence-electron chi connectivity index (χ0n) is 8.80. The fraction of sp³-hybridized carbons (Fsp3) is 0.545. The fourth-order valence-electron chi connectivity index (χ4n) is 2.47. The average Bonchev–Trinajstić information content (AvgIpc) is 2.72. The Balaban J connectivity index is 2.36. The van der Waals surface area contributed by atoms with Crippen LogP contribution in [-0.2, 0) is 0 Å². The van der Waals surface area contributed by atoms with Gasteiger partial charge in [-0.05, 0) is 51.4 Å². The number of aromatic nitrogens is 1. The van der Waals surface area contributed by atoms with E-state index < -0.39 is 0 Å². The van der Waals surface area contributed by atoms with Crippen molar-refractivity contribution in [2.24, 2.45) is 17.1 Å². The van der Waals surface area contributed by atoms with Crippen LogP contribution in [0.4, 0.5) is 0 Å². The van der Waals surface area contributed by atoms with Crippen LogP contribution in [0.5, 0.6) is 0 Å². The van der Waals surface area contributed by atoms with Gasteiger partial charge in [-0.25, -0.2) is 4.98 Å². The summed E-state index contributed by atoms with van der Waals surface area (Å²) in [5.74, 6) is 1.05. The lowest BCUT2D eigenvalue weighted by molar-refractivity contribution is 0.558. The predicted octanol–water partition coefficient (Wildman–Crippen LogP) is 3.20. The first kappa shape index (κ1) is 11.4. The highest BCUT2D eigenvalue weighted by molar-refractivity contribution is 9.10. The molecular formula is C11H14BrClN2. The highest BCUT2D eigenvalue weighted by atomic mass is 79.9. The number of hydrogen-bond donors (Lipinski definition) is 1. The summed E-state index contributed by atoms with van der Waals surface area (Å²) in [7, 11) is 0. The molecule has 1 aromatic rings. The molecule has 82 valence electrons. The molecule has 0 aliphatic heterocycles. The van der Waals surface area contributed by atoms with E-state index in [2.05, 4.69) is 34.8 Å². The lowest BCUT2D eigenvalue weighted by Crippen LogP contribution is -2.05. The van der Waals surface area contributed by atoms with Crippen LogP contribution in [0.1, 0.15) is 25.3 Å². The predicted molar refractivity (Wildman–Crippen MR) is 66.0 cm³/mol. The largest absolute Gasteiger partial charge is 0.330 e. The van der Waals surface area contributed by atoms with E-state index in [0.717, 1.165) is 11.0 Å². The molecule has 1 heterocycles. The number of rotatable bonds is 2. The molecule has 1 saturated carbocycles. The summed E-state index contributed by atoms with van der Waals surface area (Å²) >= 11 is 9.43. The minimum Gasteiger partial charge on any atom is -0.330 e. The molecule has 0 aromatic carbocycles. The van der Waals surface area contributed by atoms with Gasteiger partial charge in [0.05, 0.1) is 0 Å². The van der Waals surface area contributed by atoms with E-state index in [4.69, 9.17) is 17.3 Å². The Kier molecular flexibility index (Phi) is 2.82.